The number of pyridine rings is 1. The Morgan fingerprint density at radius 2 is 2.27 bits per heavy atom. The fourth-order valence-electron chi connectivity index (χ4n) is 1.65. The quantitative estimate of drug-likeness (QED) is 0.721. The molecule has 0 aliphatic rings. The van der Waals surface area contributed by atoms with Crippen molar-refractivity contribution < 1.29 is 9.90 Å². The molecule has 0 N–H and O–H groups in total. The maximum Gasteiger partial charge on any atom is 0.0458 e. The monoisotopic (exact) mass is 200 g/mol. The molecule has 76 valence electrons. The van der Waals surface area contributed by atoms with Crippen molar-refractivity contribution in [2.45, 2.75) is 13.3 Å². The third-order valence-electron chi connectivity index (χ3n) is 2.33. The van der Waals surface area contributed by atoms with Crippen LogP contribution in [0.5, 0.6) is 0 Å². The highest BCUT2D eigenvalue weighted by molar-refractivity contribution is 5.88. The zero-order valence-corrected chi connectivity index (χ0v) is 8.36. The first-order chi connectivity index (χ1) is 7.16. The molecule has 0 saturated carbocycles. The van der Waals surface area contributed by atoms with Crippen molar-refractivity contribution in [3.8, 4) is 0 Å². The summed E-state index contributed by atoms with van der Waals surface area (Å²) in [7, 11) is 0. The van der Waals surface area contributed by atoms with Gasteiger partial charge in [0.25, 0.3) is 0 Å². The summed E-state index contributed by atoms with van der Waals surface area (Å²) in [4.78, 5) is 14.7. The van der Waals surface area contributed by atoms with Gasteiger partial charge in [0.05, 0.1) is 0 Å². The van der Waals surface area contributed by atoms with E-state index < -0.39 is 5.97 Å². The van der Waals surface area contributed by atoms with Crippen LogP contribution in [0.15, 0.2) is 30.5 Å². The normalized spacial score (nSPS) is 10.5. The van der Waals surface area contributed by atoms with Gasteiger partial charge in [-0.25, -0.2) is 0 Å². The summed E-state index contributed by atoms with van der Waals surface area (Å²) in [5.74, 6) is -1.06. The van der Waals surface area contributed by atoms with E-state index in [0.717, 1.165) is 22.0 Å². The minimum Gasteiger partial charge on any atom is -0.550 e. The minimum atomic E-state index is -1.06. The van der Waals surface area contributed by atoms with E-state index in [1.54, 1.807) is 12.3 Å². The van der Waals surface area contributed by atoms with Gasteiger partial charge in [0.15, 0.2) is 0 Å². The second-order valence-electron chi connectivity index (χ2n) is 3.51. The predicted molar refractivity (Wildman–Crippen MR) is 55.2 cm³/mol. The van der Waals surface area contributed by atoms with E-state index in [2.05, 4.69) is 4.98 Å². The molecule has 15 heavy (non-hydrogen) atoms. The summed E-state index contributed by atoms with van der Waals surface area (Å²) >= 11 is 0. The van der Waals surface area contributed by atoms with E-state index in [0.29, 0.717) is 0 Å². The van der Waals surface area contributed by atoms with Gasteiger partial charge in [-0.15, -0.1) is 0 Å². The summed E-state index contributed by atoms with van der Waals surface area (Å²) in [5, 5.41) is 12.5. The van der Waals surface area contributed by atoms with Crippen molar-refractivity contribution in [3.05, 3.63) is 41.7 Å². The minimum absolute atomic E-state index is 0.0548. The van der Waals surface area contributed by atoms with Gasteiger partial charge in [-0.2, -0.15) is 0 Å². The van der Waals surface area contributed by atoms with Crippen LogP contribution in [0.3, 0.4) is 0 Å². The molecule has 3 heteroatoms. The average Bonchev–Trinajstić information content (AvgIpc) is 2.18. The van der Waals surface area contributed by atoms with Gasteiger partial charge in [-0.3, -0.25) is 4.98 Å². The highest BCUT2D eigenvalue weighted by Gasteiger charge is 2.01. The molecule has 2 rings (SSSR count). The maximum atomic E-state index is 10.6. The van der Waals surface area contributed by atoms with Crippen molar-refractivity contribution in [2.24, 2.45) is 0 Å². The van der Waals surface area contributed by atoms with Crippen LogP contribution in [-0.2, 0) is 11.2 Å². The second-order valence-corrected chi connectivity index (χ2v) is 3.51. The number of carbonyl (C=O) groups is 1. The van der Waals surface area contributed by atoms with E-state index in [1.165, 1.54) is 0 Å². The number of carbonyl (C=O) groups excluding carboxylic acids is 1. The fourth-order valence-corrected chi connectivity index (χ4v) is 1.65. The molecule has 0 atom stereocenters. The maximum absolute atomic E-state index is 10.6. The molecule has 1 aromatic heterocycles. The van der Waals surface area contributed by atoms with Gasteiger partial charge in [-0.1, -0.05) is 18.2 Å². The van der Waals surface area contributed by atoms with E-state index in [-0.39, 0.29) is 6.42 Å². The number of carboxylic acid groups (broad SMARTS) is 1. The van der Waals surface area contributed by atoms with Crippen molar-refractivity contribution >= 4 is 16.7 Å². The van der Waals surface area contributed by atoms with Crippen LogP contribution < -0.4 is 5.11 Å². The number of rotatable bonds is 2. The van der Waals surface area contributed by atoms with Crippen LogP contribution in [0.1, 0.15) is 11.3 Å². The predicted octanol–water partition coefficient (Wildman–Crippen LogP) is 0.836. The molecule has 0 saturated heterocycles. The average molecular weight is 200 g/mol. The van der Waals surface area contributed by atoms with Gasteiger partial charge in [-0.05, 0) is 23.9 Å². The number of benzene rings is 1. The first-order valence-electron chi connectivity index (χ1n) is 4.71. The van der Waals surface area contributed by atoms with Crippen LogP contribution in [0.2, 0.25) is 0 Å². The Hall–Kier alpha value is -1.90. The first kappa shape index (κ1) is 9.65. The SMILES string of the molecule is Cc1cc2c(CC(=O)[O-])cccc2cn1. The number of carboxylic acids is 1. The Morgan fingerprint density at radius 1 is 1.47 bits per heavy atom. The molecule has 3 nitrogen and oxygen atoms in total. The van der Waals surface area contributed by atoms with Gasteiger partial charge in [0, 0.05) is 29.7 Å². The smallest absolute Gasteiger partial charge is 0.0458 e. The molecule has 0 bridgehead atoms. The number of aryl methyl sites for hydroxylation is 1. The van der Waals surface area contributed by atoms with Crippen LogP contribution in [0.25, 0.3) is 10.8 Å². The lowest BCUT2D eigenvalue weighted by molar-refractivity contribution is -0.304. The van der Waals surface area contributed by atoms with Crippen molar-refractivity contribution in [3.63, 3.8) is 0 Å². The van der Waals surface area contributed by atoms with E-state index in [4.69, 9.17) is 0 Å². The van der Waals surface area contributed by atoms with Crippen molar-refractivity contribution in [1.82, 2.24) is 4.98 Å². The Bertz CT molecular complexity index is 520. The summed E-state index contributed by atoms with van der Waals surface area (Å²) in [5.41, 5.74) is 1.66. The lowest BCUT2D eigenvalue weighted by Crippen LogP contribution is -2.24. The van der Waals surface area contributed by atoms with Gasteiger partial charge in [0.1, 0.15) is 0 Å². The third kappa shape index (κ3) is 1.96. The van der Waals surface area contributed by atoms with Gasteiger partial charge in [0.2, 0.25) is 0 Å². The molecular formula is C12H10NO2-. The molecular weight excluding hydrogens is 190 g/mol. The molecule has 0 unspecified atom stereocenters. The van der Waals surface area contributed by atoms with Crippen LogP contribution in [0.4, 0.5) is 0 Å². The number of aromatic nitrogens is 1. The summed E-state index contributed by atoms with van der Waals surface area (Å²) in [6.07, 6.45) is 1.70. The Kier molecular flexibility index (Phi) is 2.37. The molecule has 2 aromatic rings. The summed E-state index contributed by atoms with van der Waals surface area (Å²) < 4.78 is 0. The highest BCUT2D eigenvalue weighted by atomic mass is 16.4. The van der Waals surface area contributed by atoms with Gasteiger partial charge >= 0.3 is 0 Å². The molecule has 0 aliphatic carbocycles. The second kappa shape index (κ2) is 3.69. The van der Waals surface area contributed by atoms with Gasteiger partial charge < -0.3 is 9.90 Å². The number of hydrogen-bond acceptors (Lipinski definition) is 3. The highest BCUT2D eigenvalue weighted by Crippen LogP contribution is 2.19. The number of nitrogens with zero attached hydrogens (tertiary/aromatic N) is 1. The van der Waals surface area contributed by atoms with E-state index >= 15 is 0 Å². The summed E-state index contributed by atoms with van der Waals surface area (Å²) in [6.45, 7) is 1.88. The molecule has 0 aliphatic heterocycles. The van der Waals surface area contributed by atoms with Crippen LogP contribution in [0, 0.1) is 6.92 Å². The van der Waals surface area contributed by atoms with Crippen LogP contribution in [-0.4, -0.2) is 11.0 Å². The zero-order valence-electron chi connectivity index (χ0n) is 8.36. The fraction of sp³-hybridized carbons (Fsp3) is 0.167. The largest absolute Gasteiger partial charge is 0.550 e. The molecule has 0 spiro atoms. The first-order valence-corrected chi connectivity index (χ1v) is 4.71. The lowest BCUT2D eigenvalue weighted by atomic mass is 10.0. The molecule has 1 heterocycles. The van der Waals surface area contributed by atoms with Crippen molar-refractivity contribution in [2.75, 3.05) is 0 Å². The molecule has 1 aromatic carbocycles. The Balaban J connectivity index is 2.63. The number of hydrogen-bond donors (Lipinski definition) is 0. The topological polar surface area (TPSA) is 53.0 Å². The lowest BCUT2D eigenvalue weighted by Gasteiger charge is -2.07. The molecule has 0 amide bonds. The zero-order chi connectivity index (χ0) is 10.8. The Morgan fingerprint density at radius 3 is 3.00 bits per heavy atom. The van der Waals surface area contributed by atoms with Crippen LogP contribution >= 0.6 is 0 Å². The summed E-state index contributed by atoms with van der Waals surface area (Å²) in [6, 6.07) is 7.45. The number of fused-ring (bicyclic) bond motifs is 1. The number of aliphatic carboxylic acids is 1. The standard InChI is InChI=1S/C12H11NO2/c1-8-5-11-9(6-12(14)15)3-2-4-10(11)7-13-8/h2-5,7H,6H2,1H3,(H,14,15)/p-1. The Labute approximate surface area is 87.4 Å². The van der Waals surface area contributed by atoms with E-state index in [9.17, 15) is 9.90 Å². The van der Waals surface area contributed by atoms with Crippen molar-refractivity contribution in [1.29, 1.82) is 0 Å². The molecule has 0 fully saturated rings. The van der Waals surface area contributed by atoms with E-state index in [1.807, 2.05) is 25.1 Å². The molecule has 0 radical (unpaired) electrons. The third-order valence-corrected chi connectivity index (χ3v) is 2.33.